The van der Waals surface area contributed by atoms with Crippen LogP contribution in [0.5, 0.6) is 5.75 Å². The van der Waals surface area contributed by atoms with E-state index in [1.54, 1.807) is 42.5 Å². The number of carbonyl (C=O) groups is 2. The number of amides is 1. The van der Waals surface area contributed by atoms with E-state index in [0.29, 0.717) is 22.0 Å². The highest BCUT2D eigenvalue weighted by Crippen LogP contribution is 2.16. The van der Waals surface area contributed by atoms with Crippen LogP contribution in [0.4, 0.5) is 5.69 Å². The Hall–Kier alpha value is -2.33. The number of benzene rings is 2. The van der Waals surface area contributed by atoms with E-state index in [1.807, 2.05) is 6.92 Å². The van der Waals surface area contributed by atoms with Crippen molar-refractivity contribution in [3.05, 3.63) is 58.6 Å². The van der Waals surface area contributed by atoms with Crippen molar-refractivity contribution < 1.29 is 14.3 Å². The van der Waals surface area contributed by atoms with Gasteiger partial charge in [-0.1, -0.05) is 11.6 Å². The molecule has 108 valence electrons. The van der Waals surface area contributed by atoms with Crippen molar-refractivity contribution in [2.75, 3.05) is 11.9 Å². The van der Waals surface area contributed by atoms with E-state index in [2.05, 4.69) is 5.32 Å². The summed E-state index contributed by atoms with van der Waals surface area (Å²) in [6.07, 6.45) is 0.784. The fourth-order valence-corrected chi connectivity index (χ4v) is 1.88. The third-order valence-corrected chi connectivity index (χ3v) is 3.12. The fraction of sp³-hybridized carbons (Fsp3) is 0.125. The summed E-state index contributed by atoms with van der Waals surface area (Å²) in [6.45, 7) is 1.70. The average molecular weight is 304 g/mol. The van der Waals surface area contributed by atoms with E-state index >= 15 is 0 Å². The second-order valence-corrected chi connectivity index (χ2v) is 4.92. The number of hydrogen-bond donors (Lipinski definition) is 1. The van der Waals surface area contributed by atoms with Crippen LogP contribution < -0.4 is 10.1 Å². The van der Waals surface area contributed by atoms with Gasteiger partial charge in [0.1, 0.15) is 12.0 Å². The van der Waals surface area contributed by atoms with Crippen LogP contribution in [0.2, 0.25) is 5.02 Å². The summed E-state index contributed by atoms with van der Waals surface area (Å²) in [5, 5.41) is 3.30. The van der Waals surface area contributed by atoms with Gasteiger partial charge in [-0.15, -0.1) is 0 Å². The second kappa shape index (κ2) is 6.90. The molecule has 5 heteroatoms. The summed E-state index contributed by atoms with van der Waals surface area (Å²) in [5.74, 6) is 0.277. The van der Waals surface area contributed by atoms with E-state index in [9.17, 15) is 9.59 Å². The van der Waals surface area contributed by atoms with Gasteiger partial charge in [-0.05, 0) is 55.0 Å². The summed E-state index contributed by atoms with van der Waals surface area (Å²) < 4.78 is 5.39. The van der Waals surface area contributed by atoms with Crippen molar-refractivity contribution in [1.29, 1.82) is 0 Å². The molecule has 2 aromatic rings. The van der Waals surface area contributed by atoms with Crippen LogP contribution in [-0.2, 0) is 4.79 Å². The summed E-state index contributed by atoms with van der Waals surface area (Å²) in [6, 6.07) is 11.9. The van der Waals surface area contributed by atoms with E-state index in [1.165, 1.54) is 0 Å². The number of anilines is 1. The second-order valence-electron chi connectivity index (χ2n) is 4.48. The molecule has 0 spiro atoms. The molecule has 0 unspecified atom stereocenters. The normalized spacial score (nSPS) is 10.0. The highest BCUT2D eigenvalue weighted by molar-refractivity contribution is 6.30. The summed E-state index contributed by atoms with van der Waals surface area (Å²) >= 11 is 5.77. The largest absolute Gasteiger partial charge is 0.484 e. The summed E-state index contributed by atoms with van der Waals surface area (Å²) in [7, 11) is 0. The molecule has 0 aliphatic heterocycles. The van der Waals surface area contributed by atoms with Gasteiger partial charge in [0.15, 0.2) is 6.61 Å². The molecule has 0 atom stereocenters. The zero-order valence-electron chi connectivity index (χ0n) is 11.4. The molecule has 2 aromatic carbocycles. The van der Waals surface area contributed by atoms with E-state index in [0.717, 1.165) is 11.8 Å². The smallest absolute Gasteiger partial charge is 0.262 e. The minimum atomic E-state index is -0.269. The SMILES string of the molecule is Cc1cc(OCC(=O)Nc2ccc(Cl)cc2)ccc1C=O. The number of rotatable bonds is 5. The van der Waals surface area contributed by atoms with E-state index < -0.39 is 0 Å². The molecule has 0 aliphatic carbocycles. The molecule has 1 amide bonds. The van der Waals surface area contributed by atoms with Crippen LogP contribution >= 0.6 is 11.6 Å². The van der Waals surface area contributed by atoms with Gasteiger partial charge in [-0.2, -0.15) is 0 Å². The Balaban J connectivity index is 1.90. The third-order valence-electron chi connectivity index (χ3n) is 2.87. The van der Waals surface area contributed by atoms with Gasteiger partial charge < -0.3 is 10.1 Å². The number of nitrogens with one attached hydrogen (secondary N) is 1. The molecule has 2 rings (SSSR count). The molecule has 0 fully saturated rings. The molecule has 0 aromatic heterocycles. The van der Waals surface area contributed by atoms with Crippen molar-refractivity contribution in [3.8, 4) is 5.75 Å². The first-order valence-electron chi connectivity index (χ1n) is 6.32. The number of carbonyl (C=O) groups excluding carboxylic acids is 2. The molecule has 0 bridgehead atoms. The average Bonchev–Trinajstić information content (AvgIpc) is 2.48. The van der Waals surface area contributed by atoms with Crippen molar-refractivity contribution in [1.82, 2.24) is 0 Å². The minimum Gasteiger partial charge on any atom is -0.484 e. The van der Waals surface area contributed by atoms with Crippen molar-refractivity contribution in [2.24, 2.45) is 0 Å². The standard InChI is InChI=1S/C16H14ClNO3/c1-11-8-15(7-2-12(11)9-19)21-10-16(20)18-14-5-3-13(17)4-6-14/h2-9H,10H2,1H3,(H,18,20). The first-order valence-corrected chi connectivity index (χ1v) is 6.70. The highest BCUT2D eigenvalue weighted by atomic mass is 35.5. The summed E-state index contributed by atoms with van der Waals surface area (Å²) in [4.78, 5) is 22.5. The zero-order chi connectivity index (χ0) is 15.2. The van der Waals surface area contributed by atoms with Crippen LogP contribution in [0.3, 0.4) is 0 Å². The lowest BCUT2D eigenvalue weighted by Gasteiger charge is -2.09. The maximum Gasteiger partial charge on any atom is 0.262 e. The Morgan fingerprint density at radius 1 is 1.24 bits per heavy atom. The van der Waals surface area contributed by atoms with Gasteiger partial charge in [0.05, 0.1) is 0 Å². The Morgan fingerprint density at radius 2 is 1.95 bits per heavy atom. The van der Waals surface area contributed by atoms with Crippen LogP contribution in [-0.4, -0.2) is 18.8 Å². The minimum absolute atomic E-state index is 0.109. The predicted molar refractivity (Wildman–Crippen MR) is 82.1 cm³/mol. The first kappa shape index (κ1) is 15.1. The molecule has 0 heterocycles. The predicted octanol–water partition coefficient (Wildman–Crippen LogP) is 3.48. The molecule has 0 aliphatic rings. The lowest BCUT2D eigenvalue weighted by Crippen LogP contribution is -2.20. The number of aldehydes is 1. The zero-order valence-corrected chi connectivity index (χ0v) is 12.2. The number of halogens is 1. The van der Waals surface area contributed by atoms with Gasteiger partial charge >= 0.3 is 0 Å². The van der Waals surface area contributed by atoms with Gasteiger partial charge in [0.25, 0.3) is 5.91 Å². The third kappa shape index (κ3) is 4.33. The lowest BCUT2D eigenvalue weighted by atomic mass is 10.1. The Bertz CT molecular complexity index is 653. The monoisotopic (exact) mass is 303 g/mol. The van der Waals surface area contributed by atoms with Crippen LogP contribution in [0, 0.1) is 6.92 Å². The number of hydrogen-bond acceptors (Lipinski definition) is 3. The molecular formula is C16H14ClNO3. The molecule has 0 radical (unpaired) electrons. The number of aryl methyl sites for hydroxylation is 1. The lowest BCUT2D eigenvalue weighted by molar-refractivity contribution is -0.118. The quantitative estimate of drug-likeness (QED) is 0.860. The molecule has 0 saturated carbocycles. The highest BCUT2D eigenvalue weighted by Gasteiger charge is 2.05. The van der Waals surface area contributed by atoms with Crippen molar-refractivity contribution in [3.63, 3.8) is 0 Å². The maximum absolute atomic E-state index is 11.8. The molecule has 4 nitrogen and oxygen atoms in total. The topological polar surface area (TPSA) is 55.4 Å². The van der Waals surface area contributed by atoms with Gasteiger partial charge in [-0.25, -0.2) is 0 Å². The van der Waals surface area contributed by atoms with E-state index in [4.69, 9.17) is 16.3 Å². The Kier molecular flexibility index (Phi) is 4.95. The van der Waals surface area contributed by atoms with Gasteiger partial charge in [-0.3, -0.25) is 9.59 Å². The van der Waals surface area contributed by atoms with Crippen LogP contribution in [0.15, 0.2) is 42.5 Å². The molecular weight excluding hydrogens is 290 g/mol. The Morgan fingerprint density at radius 3 is 2.57 bits per heavy atom. The molecule has 21 heavy (non-hydrogen) atoms. The molecule has 0 saturated heterocycles. The first-order chi connectivity index (χ1) is 10.1. The maximum atomic E-state index is 11.8. The number of ether oxygens (including phenoxy) is 1. The molecule has 1 N–H and O–H groups in total. The van der Waals surface area contributed by atoms with Gasteiger partial charge in [0, 0.05) is 16.3 Å². The van der Waals surface area contributed by atoms with Crippen molar-refractivity contribution in [2.45, 2.75) is 6.92 Å². The van der Waals surface area contributed by atoms with Crippen LogP contribution in [0.1, 0.15) is 15.9 Å². The van der Waals surface area contributed by atoms with Crippen LogP contribution in [0.25, 0.3) is 0 Å². The van der Waals surface area contributed by atoms with E-state index in [-0.39, 0.29) is 12.5 Å². The Labute approximate surface area is 127 Å². The fourth-order valence-electron chi connectivity index (χ4n) is 1.75. The van der Waals surface area contributed by atoms with Gasteiger partial charge in [0.2, 0.25) is 0 Å². The summed E-state index contributed by atoms with van der Waals surface area (Å²) in [5.41, 5.74) is 2.06. The van der Waals surface area contributed by atoms with Crippen molar-refractivity contribution >= 4 is 29.5 Å².